The minimum absolute atomic E-state index is 0.226. The number of methoxy groups -OCH3 is 2. The van der Waals surface area contributed by atoms with Crippen LogP contribution in [0.25, 0.3) is 11.1 Å². The minimum Gasteiger partial charge on any atom is -0.497 e. The van der Waals surface area contributed by atoms with Crippen LogP contribution in [0.2, 0.25) is 0 Å². The molecule has 0 radical (unpaired) electrons. The van der Waals surface area contributed by atoms with Gasteiger partial charge in [0.05, 0.1) is 14.2 Å². The maximum Gasteiger partial charge on any atom is 0.163 e. The van der Waals surface area contributed by atoms with Gasteiger partial charge < -0.3 is 9.47 Å². The van der Waals surface area contributed by atoms with Gasteiger partial charge >= 0.3 is 0 Å². The zero-order valence-corrected chi connectivity index (χ0v) is 11.6. The molecule has 0 aromatic heterocycles. The molecule has 102 valence electrons. The molecule has 3 rings (SSSR count). The molecule has 0 bridgehead atoms. The molecule has 20 heavy (non-hydrogen) atoms. The second kappa shape index (κ2) is 5.00. The van der Waals surface area contributed by atoms with Gasteiger partial charge in [-0.1, -0.05) is 18.2 Å². The van der Waals surface area contributed by atoms with Gasteiger partial charge in [0.25, 0.3) is 0 Å². The van der Waals surface area contributed by atoms with Crippen molar-refractivity contribution in [2.75, 3.05) is 14.2 Å². The average Bonchev–Trinajstić information content (AvgIpc) is 2.88. The van der Waals surface area contributed by atoms with E-state index < -0.39 is 0 Å². The Morgan fingerprint density at radius 2 is 1.70 bits per heavy atom. The Labute approximate surface area is 118 Å². The lowest BCUT2D eigenvalue weighted by molar-refractivity contribution is 0.0994. The fourth-order valence-electron chi connectivity index (χ4n) is 2.77. The van der Waals surface area contributed by atoms with E-state index >= 15 is 0 Å². The zero-order chi connectivity index (χ0) is 14.1. The Balaban J connectivity index is 2.21. The summed E-state index contributed by atoms with van der Waals surface area (Å²) in [5, 5.41) is 0. The second-order valence-corrected chi connectivity index (χ2v) is 4.82. The summed E-state index contributed by atoms with van der Waals surface area (Å²) in [5.74, 6) is 1.80. The molecule has 1 aliphatic rings. The van der Waals surface area contributed by atoms with Gasteiger partial charge in [0.2, 0.25) is 0 Å². The molecule has 0 spiro atoms. The van der Waals surface area contributed by atoms with Gasteiger partial charge in [-0.15, -0.1) is 0 Å². The molecule has 0 amide bonds. The Morgan fingerprint density at radius 3 is 2.45 bits per heavy atom. The van der Waals surface area contributed by atoms with Gasteiger partial charge in [0, 0.05) is 17.5 Å². The molecule has 2 aromatic rings. The van der Waals surface area contributed by atoms with Crippen LogP contribution in [-0.2, 0) is 6.42 Å². The van der Waals surface area contributed by atoms with Crippen molar-refractivity contribution in [1.29, 1.82) is 0 Å². The highest BCUT2D eigenvalue weighted by molar-refractivity contribution is 6.02. The maximum absolute atomic E-state index is 11.9. The van der Waals surface area contributed by atoms with Crippen LogP contribution in [0, 0.1) is 0 Å². The highest BCUT2D eigenvalue weighted by Crippen LogP contribution is 2.38. The summed E-state index contributed by atoms with van der Waals surface area (Å²) in [6.07, 6.45) is 1.39. The first-order valence-electron chi connectivity index (χ1n) is 6.62. The van der Waals surface area contributed by atoms with E-state index in [4.69, 9.17) is 9.47 Å². The fraction of sp³-hybridized carbons (Fsp3) is 0.235. The van der Waals surface area contributed by atoms with E-state index in [-0.39, 0.29) is 5.78 Å². The fourth-order valence-corrected chi connectivity index (χ4v) is 2.77. The third-order valence-corrected chi connectivity index (χ3v) is 3.78. The molecule has 0 unspecified atom stereocenters. The lowest BCUT2D eigenvalue weighted by Crippen LogP contribution is -1.95. The van der Waals surface area contributed by atoms with Gasteiger partial charge in [0.1, 0.15) is 11.5 Å². The number of hydrogen-bond acceptors (Lipinski definition) is 3. The number of ether oxygens (including phenoxy) is 2. The SMILES string of the molecule is COc1ccc(OC)c(-c2cccc3c2CCC3=O)c1. The van der Waals surface area contributed by atoms with Crippen molar-refractivity contribution in [3.8, 4) is 22.6 Å². The van der Waals surface area contributed by atoms with Crippen LogP contribution in [0.3, 0.4) is 0 Å². The summed E-state index contributed by atoms with van der Waals surface area (Å²) in [4.78, 5) is 11.9. The van der Waals surface area contributed by atoms with Crippen molar-refractivity contribution in [2.24, 2.45) is 0 Å². The summed E-state index contributed by atoms with van der Waals surface area (Å²) in [6, 6.07) is 11.6. The predicted octanol–water partition coefficient (Wildman–Crippen LogP) is 3.50. The van der Waals surface area contributed by atoms with Gasteiger partial charge in [-0.2, -0.15) is 0 Å². The highest BCUT2D eigenvalue weighted by Gasteiger charge is 2.23. The second-order valence-electron chi connectivity index (χ2n) is 4.82. The lowest BCUT2D eigenvalue weighted by Gasteiger charge is -2.13. The smallest absolute Gasteiger partial charge is 0.163 e. The molecular formula is C17H16O3. The number of carbonyl (C=O) groups is 1. The highest BCUT2D eigenvalue weighted by atomic mass is 16.5. The maximum atomic E-state index is 11.9. The van der Waals surface area contributed by atoms with Gasteiger partial charge in [0.15, 0.2) is 5.78 Å². The van der Waals surface area contributed by atoms with E-state index in [1.807, 2.05) is 36.4 Å². The van der Waals surface area contributed by atoms with Gasteiger partial charge in [-0.3, -0.25) is 4.79 Å². The summed E-state index contributed by atoms with van der Waals surface area (Å²) in [7, 11) is 3.30. The van der Waals surface area contributed by atoms with Crippen LogP contribution in [0.4, 0.5) is 0 Å². The number of fused-ring (bicyclic) bond motifs is 1. The molecular weight excluding hydrogens is 252 g/mol. The zero-order valence-electron chi connectivity index (χ0n) is 11.6. The van der Waals surface area contributed by atoms with Crippen LogP contribution in [0.15, 0.2) is 36.4 Å². The lowest BCUT2D eigenvalue weighted by atomic mass is 9.96. The molecule has 0 heterocycles. The van der Waals surface area contributed by atoms with Crippen LogP contribution < -0.4 is 9.47 Å². The number of rotatable bonds is 3. The standard InChI is InChI=1S/C17H16O3/c1-19-11-6-9-17(20-2)15(10-11)12-4-3-5-14-13(12)7-8-16(14)18/h3-6,9-10H,7-8H2,1-2H3. The molecule has 2 aromatic carbocycles. The first kappa shape index (κ1) is 12.7. The predicted molar refractivity (Wildman–Crippen MR) is 77.6 cm³/mol. The Kier molecular flexibility index (Phi) is 3.18. The van der Waals surface area contributed by atoms with E-state index in [2.05, 4.69) is 0 Å². The molecule has 0 aliphatic heterocycles. The molecule has 3 nitrogen and oxygen atoms in total. The quantitative estimate of drug-likeness (QED) is 0.854. The molecule has 0 atom stereocenters. The van der Waals surface area contributed by atoms with Crippen molar-refractivity contribution >= 4 is 5.78 Å². The normalized spacial score (nSPS) is 13.2. The first-order valence-corrected chi connectivity index (χ1v) is 6.62. The van der Waals surface area contributed by atoms with Crippen molar-refractivity contribution in [3.05, 3.63) is 47.5 Å². The molecule has 0 fully saturated rings. The van der Waals surface area contributed by atoms with Crippen molar-refractivity contribution in [3.63, 3.8) is 0 Å². The van der Waals surface area contributed by atoms with E-state index in [1.54, 1.807) is 14.2 Å². The van der Waals surface area contributed by atoms with E-state index in [0.29, 0.717) is 6.42 Å². The van der Waals surface area contributed by atoms with E-state index in [0.717, 1.165) is 40.2 Å². The molecule has 0 saturated carbocycles. The molecule has 0 saturated heterocycles. The topological polar surface area (TPSA) is 35.5 Å². The minimum atomic E-state index is 0.226. The number of benzene rings is 2. The van der Waals surface area contributed by atoms with Crippen molar-refractivity contribution in [1.82, 2.24) is 0 Å². The monoisotopic (exact) mass is 268 g/mol. The summed E-state index contributed by atoms with van der Waals surface area (Å²) >= 11 is 0. The summed E-state index contributed by atoms with van der Waals surface area (Å²) < 4.78 is 10.7. The Morgan fingerprint density at radius 1 is 0.900 bits per heavy atom. The number of hydrogen-bond donors (Lipinski definition) is 0. The molecule has 3 heteroatoms. The van der Waals surface area contributed by atoms with Crippen LogP contribution in [-0.4, -0.2) is 20.0 Å². The molecule has 0 N–H and O–H groups in total. The van der Waals surface area contributed by atoms with Crippen molar-refractivity contribution in [2.45, 2.75) is 12.8 Å². The van der Waals surface area contributed by atoms with E-state index in [9.17, 15) is 4.79 Å². The third kappa shape index (κ3) is 1.95. The van der Waals surface area contributed by atoms with Crippen molar-refractivity contribution < 1.29 is 14.3 Å². The number of carbonyl (C=O) groups excluding carboxylic acids is 1. The summed E-state index contributed by atoms with van der Waals surface area (Å²) in [5.41, 5.74) is 3.99. The van der Waals surface area contributed by atoms with Crippen LogP contribution in [0.5, 0.6) is 11.5 Å². The van der Waals surface area contributed by atoms with Crippen LogP contribution >= 0.6 is 0 Å². The Bertz CT molecular complexity index is 674. The largest absolute Gasteiger partial charge is 0.497 e. The first-order chi connectivity index (χ1) is 9.74. The van der Waals surface area contributed by atoms with Gasteiger partial charge in [-0.25, -0.2) is 0 Å². The third-order valence-electron chi connectivity index (χ3n) is 3.78. The summed E-state index contributed by atoms with van der Waals surface area (Å²) in [6.45, 7) is 0. The Hall–Kier alpha value is -2.29. The number of ketones is 1. The van der Waals surface area contributed by atoms with Gasteiger partial charge in [-0.05, 0) is 35.7 Å². The van der Waals surface area contributed by atoms with Crippen LogP contribution in [0.1, 0.15) is 22.3 Å². The van der Waals surface area contributed by atoms with E-state index in [1.165, 1.54) is 0 Å². The number of Topliss-reactive ketones (excluding diaryl/α,β-unsaturated/α-hetero) is 1. The average molecular weight is 268 g/mol. The molecule has 1 aliphatic carbocycles.